The summed E-state index contributed by atoms with van der Waals surface area (Å²) >= 11 is 0. The molecule has 9 heteroatoms. The molecule has 2 heterocycles. The number of likely N-dealkylation sites (N-methyl/N-ethyl adjacent to an activating group) is 1. The Balaban J connectivity index is 1.68. The molecule has 164 valence electrons. The third-order valence-electron chi connectivity index (χ3n) is 5.45. The molecule has 1 aliphatic heterocycles. The van der Waals surface area contributed by atoms with Gasteiger partial charge in [-0.25, -0.2) is 4.79 Å². The van der Waals surface area contributed by atoms with Crippen molar-refractivity contribution in [3.63, 3.8) is 0 Å². The van der Waals surface area contributed by atoms with Crippen molar-refractivity contribution in [1.29, 1.82) is 0 Å². The fourth-order valence-corrected chi connectivity index (χ4v) is 3.77. The molecule has 1 aromatic heterocycles. The number of aliphatic hydroxyl groups excluding tert-OH is 1. The normalized spacial score (nSPS) is 17.3. The highest BCUT2D eigenvalue weighted by Gasteiger charge is 2.35. The van der Waals surface area contributed by atoms with Crippen LogP contribution in [0.25, 0.3) is 11.0 Å². The number of piperidine rings is 1. The number of carbonyl (C=O) groups is 2. The third-order valence-corrected chi connectivity index (χ3v) is 5.45. The van der Waals surface area contributed by atoms with E-state index >= 15 is 0 Å². The molecule has 0 spiro atoms. The maximum Gasteiger partial charge on any atom is 0.329 e. The molecule has 1 aromatic carbocycles. The van der Waals surface area contributed by atoms with E-state index in [-0.39, 0.29) is 30.5 Å². The van der Waals surface area contributed by atoms with Gasteiger partial charge in [0.1, 0.15) is 6.04 Å². The van der Waals surface area contributed by atoms with Crippen LogP contribution in [0.15, 0.2) is 23.0 Å². The van der Waals surface area contributed by atoms with Gasteiger partial charge in [0.15, 0.2) is 0 Å². The molecule has 3 rings (SSSR count). The van der Waals surface area contributed by atoms with Crippen molar-refractivity contribution >= 4 is 22.8 Å². The number of benzene rings is 1. The van der Waals surface area contributed by atoms with Crippen LogP contribution < -0.4 is 5.69 Å². The average Bonchev–Trinajstić information content (AvgIpc) is 2.99. The van der Waals surface area contributed by atoms with Gasteiger partial charge in [-0.2, -0.15) is 0 Å². The van der Waals surface area contributed by atoms with Crippen LogP contribution in [0.3, 0.4) is 0 Å². The molecule has 0 saturated carbocycles. The highest BCUT2D eigenvalue weighted by Crippen LogP contribution is 2.26. The van der Waals surface area contributed by atoms with Crippen molar-refractivity contribution in [2.75, 3.05) is 40.1 Å². The summed E-state index contributed by atoms with van der Waals surface area (Å²) in [7, 11) is 3.16. The van der Waals surface area contributed by atoms with E-state index in [9.17, 15) is 14.4 Å². The van der Waals surface area contributed by atoms with E-state index in [0.717, 1.165) is 28.8 Å². The molecule has 9 nitrogen and oxygen atoms in total. The van der Waals surface area contributed by atoms with Crippen molar-refractivity contribution in [3.05, 3.63) is 34.2 Å². The van der Waals surface area contributed by atoms with Gasteiger partial charge in [0.25, 0.3) is 5.91 Å². The zero-order chi connectivity index (χ0) is 21.7. The number of aryl methyl sites for hydroxylation is 2. The second kappa shape index (κ2) is 10.0. The minimum absolute atomic E-state index is 0.0104. The lowest BCUT2D eigenvalue weighted by Gasteiger charge is -2.28. The lowest BCUT2D eigenvalue weighted by Crippen LogP contribution is -2.45. The Labute approximate surface area is 174 Å². The molecule has 1 fully saturated rings. The van der Waals surface area contributed by atoms with Crippen LogP contribution in [-0.4, -0.2) is 71.0 Å². The van der Waals surface area contributed by atoms with Crippen molar-refractivity contribution in [2.24, 2.45) is 7.05 Å². The number of rotatable bonds is 10. The molecule has 1 saturated heterocycles. The molecule has 0 radical (unpaired) electrons. The van der Waals surface area contributed by atoms with E-state index in [1.807, 2.05) is 18.2 Å². The summed E-state index contributed by atoms with van der Waals surface area (Å²) in [5.74, 6) is -0.556. The summed E-state index contributed by atoms with van der Waals surface area (Å²) < 4.78 is 13.7. The number of hydrogen-bond donors (Lipinski definition) is 1. The maximum atomic E-state index is 12.9. The quantitative estimate of drug-likeness (QED) is 0.447. The molecule has 0 aliphatic carbocycles. The van der Waals surface area contributed by atoms with Crippen molar-refractivity contribution in [3.8, 4) is 0 Å². The van der Waals surface area contributed by atoms with E-state index in [0.29, 0.717) is 38.4 Å². The van der Waals surface area contributed by atoms with Gasteiger partial charge in [-0.05, 0) is 37.0 Å². The monoisotopic (exact) mass is 419 g/mol. The van der Waals surface area contributed by atoms with Gasteiger partial charge in [-0.3, -0.25) is 23.6 Å². The Bertz CT molecular complexity index is 964. The van der Waals surface area contributed by atoms with Crippen LogP contribution in [-0.2, 0) is 32.5 Å². The third kappa shape index (κ3) is 4.63. The van der Waals surface area contributed by atoms with Gasteiger partial charge in [-0.1, -0.05) is 6.07 Å². The highest BCUT2D eigenvalue weighted by molar-refractivity contribution is 5.99. The standard InChI is InChI=1S/C21H29N3O6/c1-22-18-14-15(4-3-10-29-12-13-30-11-9-25)5-6-16(18)24(21(22)28)17-7-8-19(26)23(2)20(17)27/h5-6,14,17,25H,3-4,7-13H2,1-2H3. The second-order valence-electron chi connectivity index (χ2n) is 7.43. The van der Waals surface area contributed by atoms with Gasteiger partial charge < -0.3 is 14.6 Å². The number of imide groups is 1. The van der Waals surface area contributed by atoms with Crippen LogP contribution in [0.1, 0.15) is 30.9 Å². The van der Waals surface area contributed by atoms with E-state index in [4.69, 9.17) is 14.6 Å². The van der Waals surface area contributed by atoms with E-state index in [2.05, 4.69) is 0 Å². The van der Waals surface area contributed by atoms with Crippen LogP contribution in [0.5, 0.6) is 0 Å². The number of ether oxygens (including phenoxy) is 2. The number of nitrogens with zero attached hydrogens (tertiary/aromatic N) is 3. The van der Waals surface area contributed by atoms with Gasteiger partial charge in [0.05, 0.1) is 37.5 Å². The Morgan fingerprint density at radius 3 is 2.50 bits per heavy atom. The molecule has 0 bridgehead atoms. The zero-order valence-electron chi connectivity index (χ0n) is 17.5. The van der Waals surface area contributed by atoms with Crippen molar-refractivity contribution in [2.45, 2.75) is 31.7 Å². The molecule has 1 atom stereocenters. The summed E-state index contributed by atoms with van der Waals surface area (Å²) in [5, 5.41) is 8.63. The van der Waals surface area contributed by atoms with Crippen LogP contribution in [0.4, 0.5) is 0 Å². The first-order valence-corrected chi connectivity index (χ1v) is 10.2. The highest BCUT2D eigenvalue weighted by atomic mass is 16.5. The second-order valence-corrected chi connectivity index (χ2v) is 7.43. The largest absolute Gasteiger partial charge is 0.394 e. The summed E-state index contributed by atoms with van der Waals surface area (Å²) in [6.45, 7) is 1.88. The average molecular weight is 419 g/mol. The first-order chi connectivity index (χ1) is 14.5. The van der Waals surface area contributed by atoms with Crippen molar-refractivity contribution in [1.82, 2.24) is 14.0 Å². The van der Waals surface area contributed by atoms with Gasteiger partial charge in [-0.15, -0.1) is 0 Å². The Hall–Kier alpha value is -2.49. The molecule has 2 aromatic rings. The van der Waals surface area contributed by atoms with Gasteiger partial charge in [0.2, 0.25) is 5.91 Å². The summed E-state index contributed by atoms with van der Waals surface area (Å²) in [6, 6.07) is 5.15. The molecule has 2 amide bonds. The van der Waals surface area contributed by atoms with Gasteiger partial charge in [0, 0.05) is 27.1 Å². The number of imidazole rings is 1. The minimum Gasteiger partial charge on any atom is -0.394 e. The fourth-order valence-electron chi connectivity index (χ4n) is 3.77. The molecular formula is C21H29N3O6. The van der Waals surface area contributed by atoms with Crippen molar-refractivity contribution < 1.29 is 24.2 Å². The summed E-state index contributed by atoms with van der Waals surface area (Å²) in [5.41, 5.74) is 2.29. The number of amides is 2. The Morgan fingerprint density at radius 2 is 1.77 bits per heavy atom. The zero-order valence-corrected chi connectivity index (χ0v) is 17.5. The molecular weight excluding hydrogens is 390 g/mol. The number of aliphatic hydroxyl groups is 1. The van der Waals surface area contributed by atoms with Gasteiger partial charge >= 0.3 is 5.69 Å². The molecule has 30 heavy (non-hydrogen) atoms. The topological polar surface area (TPSA) is 103 Å². The summed E-state index contributed by atoms with van der Waals surface area (Å²) in [6.07, 6.45) is 2.21. The lowest BCUT2D eigenvalue weighted by molar-refractivity contribution is -0.149. The van der Waals surface area contributed by atoms with E-state index < -0.39 is 6.04 Å². The Morgan fingerprint density at radius 1 is 1.03 bits per heavy atom. The van der Waals surface area contributed by atoms with Crippen LogP contribution in [0.2, 0.25) is 0 Å². The number of hydrogen-bond acceptors (Lipinski definition) is 6. The summed E-state index contributed by atoms with van der Waals surface area (Å²) in [4.78, 5) is 38.3. The molecule has 1 N–H and O–H groups in total. The first kappa shape index (κ1) is 22.2. The smallest absolute Gasteiger partial charge is 0.329 e. The maximum absolute atomic E-state index is 12.9. The Kier molecular flexibility index (Phi) is 7.41. The number of carbonyl (C=O) groups excluding carboxylic acids is 2. The predicted octanol–water partition coefficient (Wildman–Crippen LogP) is 0.618. The minimum atomic E-state index is -0.656. The predicted molar refractivity (Wildman–Crippen MR) is 110 cm³/mol. The van der Waals surface area contributed by atoms with E-state index in [1.54, 1.807) is 11.6 Å². The number of aromatic nitrogens is 2. The molecule has 1 unspecified atom stereocenters. The SMILES string of the molecule is CN1C(=O)CCC(n2c(=O)n(C)c3cc(CCCOCCOCCO)ccc32)C1=O. The number of likely N-dealkylation sites (tertiary alicyclic amines) is 1. The molecule has 1 aliphatic rings. The fraction of sp³-hybridized carbons (Fsp3) is 0.571. The number of fused-ring (bicyclic) bond motifs is 1. The first-order valence-electron chi connectivity index (χ1n) is 10.2. The van der Waals surface area contributed by atoms with E-state index in [1.165, 1.54) is 11.6 Å². The van der Waals surface area contributed by atoms with Crippen LogP contribution in [0, 0.1) is 0 Å². The lowest BCUT2D eigenvalue weighted by atomic mass is 10.0. The van der Waals surface area contributed by atoms with Crippen LogP contribution >= 0.6 is 0 Å².